The smallest absolute Gasteiger partial charge is 0.259 e. The molecule has 0 radical (unpaired) electrons. The molecule has 1 atom stereocenters. The summed E-state index contributed by atoms with van der Waals surface area (Å²) < 4.78 is 0.475. The van der Waals surface area contributed by atoms with E-state index in [1.54, 1.807) is 4.90 Å². The SMILES string of the molecule is C[N+](C)(Cc1ccc(C#N)cc1)C1(C#N)CCN(C(=O)C(O)(c2ccccc2)C2CCCC2)CC1. The van der Waals surface area contributed by atoms with Gasteiger partial charge in [-0.05, 0) is 30.5 Å². The predicted molar refractivity (Wildman–Crippen MR) is 133 cm³/mol. The molecule has 4 rings (SSSR count). The molecule has 2 fully saturated rings. The molecule has 182 valence electrons. The first-order valence-electron chi connectivity index (χ1n) is 12.6. The number of hydrogen-bond donors (Lipinski definition) is 1. The zero-order valence-electron chi connectivity index (χ0n) is 20.8. The minimum atomic E-state index is -1.52. The van der Waals surface area contributed by atoms with Gasteiger partial charge in [-0.3, -0.25) is 4.79 Å². The monoisotopic (exact) mass is 471 g/mol. The first kappa shape index (κ1) is 24.9. The lowest BCUT2D eigenvalue weighted by atomic mass is 9.77. The van der Waals surface area contributed by atoms with Crippen molar-refractivity contribution in [1.29, 1.82) is 10.5 Å². The fourth-order valence-electron chi connectivity index (χ4n) is 6.04. The Labute approximate surface area is 208 Å². The number of quaternary nitrogens is 1. The fourth-order valence-corrected chi connectivity index (χ4v) is 6.04. The maximum Gasteiger partial charge on any atom is 0.259 e. The molecule has 1 unspecified atom stereocenters. The highest BCUT2D eigenvalue weighted by Crippen LogP contribution is 2.43. The molecule has 0 bridgehead atoms. The van der Waals surface area contributed by atoms with Crippen LogP contribution in [0.3, 0.4) is 0 Å². The molecule has 2 aromatic rings. The number of rotatable bonds is 6. The maximum absolute atomic E-state index is 13.9. The second-order valence-electron chi connectivity index (χ2n) is 10.7. The second-order valence-corrected chi connectivity index (χ2v) is 10.7. The van der Waals surface area contributed by atoms with Crippen molar-refractivity contribution >= 4 is 5.91 Å². The van der Waals surface area contributed by atoms with Crippen LogP contribution < -0.4 is 0 Å². The van der Waals surface area contributed by atoms with E-state index >= 15 is 0 Å². The molecule has 0 spiro atoms. The maximum atomic E-state index is 13.9. The van der Waals surface area contributed by atoms with Gasteiger partial charge in [-0.1, -0.05) is 55.3 Å². The van der Waals surface area contributed by atoms with Crippen LogP contribution >= 0.6 is 0 Å². The zero-order valence-corrected chi connectivity index (χ0v) is 20.8. The minimum Gasteiger partial charge on any atom is -0.375 e. The number of aliphatic hydroxyl groups is 1. The average Bonchev–Trinajstić information content (AvgIpc) is 3.44. The Morgan fingerprint density at radius 1 is 1.06 bits per heavy atom. The number of likely N-dealkylation sites (tertiary alicyclic amines) is 1. The van der Waals surface area contributed by atoms with Crippen molar-refractivity contribution in [2.45, 2.75) is 56.2 Å². The first-order valence-corrected chi connectivity index (χ1v) is 12.6. The summed E-state index contributed by atoms with van der Waals surface area (Å²) in [7, 11) is 4.13. The van der Waals surface area contributed by atoms with E-state index in [0.717, 1.165) is 31.2 Å². The Kier molecular flexibility index (Phi) is 6.99. The molecule has 1 aliphatic carbocycles. The van der Waals surface area contributed by atoms with Gasteiger partial charge in [-0.25, -0.2) is 0 Å². The Balaban J connectivity index is 1.52. The van der Waals surface area contributed by atoms with Crippen LogP contribution in [-0.4, -0.2) is 53.1 Å². The van der Waals surface area contributed by atoms with E-state index in [2.05, 4.69) is 26.2 Å². The molecule has 35 heavy (non-hydrogen) atoms. The van der Waals surface area contributed by atoms with Gasteiger partial charge in [0.25, 0.3) is 5.91 Å². The third-order valence-electron chi connectivity index (χ3n) is 8.39. The van der Waals surface area contributed by atoms with Crippen molar-refractivity contribution in [3.05, 3.63) is 71.3 Å². The van der Waals surface area contributed by atoms with Crippen molar-refractivity contribution < 1.29 is 14.4 Å². The van der Waals surface area contributed by atoms with Crippen LogP contribution in [0.15, 0.2) is 54.6 Å². The van der Waals surface area contributed by atoms with Gasteiger partial charge in [0.2, 0.25) is 0 Å². The van der Waals surface area contributed by atoms with Crippen molar-refractivity contribution in [2.24, 2.45) is 5.92 Å². The summed E-state index contributed by atoms with van der Waals surface area (Å²) in [6.07, 6.45) is 4.86. The Morgan fingerprint density at radius 3 is 2.20 bits per heavy atom. The van der Waals surface area contributed by atoms with Crippen LogP contribution in [0, 0.1) is 28.6 Å². The number of nitriles is 2. The average molecular weight is 472 g/mol. The Bertz CT molecular complexity index is 1120. The van der Waals surface area contributed by atoms with E-state index in [0.29, 0.717) is 48.1 Å². The molecule has 6 nitrogen and oxygen atoms in total. The third kappa shape index (κ3) is 4.57. The number of nitrogens with zero attached hydrogens (tertiary/aromatic N) is 4. The molecule has 1 saturated carbocycles. The van der Waals surface area contributed by atoms with E-state index < -0.39 is 11.1 Å². The van der Waals surface area contributed by atoms with Gasteiger partial charge in [0, 0.05) is 37.4 Å². The highest BCUT2D eigenvalue weighted by molar-refractivity contribution is 5.87. The van der Waals surface area contributed by atoms with Crippen molar-refractivity contribution in [2.75, 3.05) is 27.2 Å². The van der Waals surface area contributed by atoms with Crippen LogP contribution in [0.1, 0.15) is 55.2 Å². The van der Waals surface area contributed by atoms with Gasteiger partial charge in [-0.15, -0.1) is 0 Å². The molecule has 1 N–H and O–H groups in total. The van der Waals surface area contributed by atoms with Gasteiger partial charge < -0.3 is 14.5 Å². The standard InChI is InChI=1S/C29H35N4O2/c1-33(2,21-24-14-12-23(20-30)13-15-24)28(22-31)16-18-32(19-17-28)27(34)29(35,26-10-6-7-11-26)25-8-4-3-5-9-25/h3-5,8-9,12-15,26,35H,6-7,10-11,16-19,21H2,1-2H3/q+1. The van der Waals surface area contributed by atoms with E-state index in [9.17, 15) is 15.2 Å². The van der Waals surface area contributed by atoms with E-state index in [1.807, 2.05) is 54.6 Å². The second kappa shape index (κ2) is 9.82. The fraction of sp³-hybridized carbons (Fsp3) is 0.483. The van der Waals surface area contributed by atoms with Crippen molar-refractivity contribution in [1.82, 2.24) is 4.90 Å². The number of hydrogen-bond acceptors (Lipinski definition) is 4. The summed E-state index contributed by atoms with van der Waals surface area (Å²) >= 11 is 0. The Hall–Kier alpha value is -3.19. The lowest BCUT2D eigenvalue weighted by Gasteiger charge is -2.49. The highest BCUT2D eigenvalue weighted by Gasteiger charge is 2.53. The normalized spacial score (nSPS) is 20.0. The zero-order chi connectivity index (χ0) is 25.1. The number of piperidine rings is 1. The summed E-state index contributed by atoms with van der Waals surface area (Å²) in [5, 5.41) is 31.3. The van der Waals surface area contributed by atoms with Crippen LogP contribution in [0.4, 0.5) is 0 Å². The van der Waals surface area contributed by atoms with Crippen molar-refractivity contribution in [3.8, 4) is 12.1 Å². The minimum absolute atomic E-state index is 0.0799. The topological polar surface area (TPSA) is 88.1 Å². The van der Waals surface area contributed by atoms with Gasteiger partial charge in [0.15, 0.2) is 11.1 Å². The van der Waals surface area contributed by atoms with Crippen LogP contribution in [0.5, 0.6) is 0 Å². The van der Waals surface area contributed by atoms with E-state index in [4.69, 9.17) is 5.26 Å². The predicted octanol–water partition coefficient (Wildman–Crippen LogP) is 4.10. The van der Waals surface area contributed by atoms with E-state index in [-0.39, 0.29) is 11.8 Å². The lowest BCUT2D eigenvalue weighted by Crippen LogP contribution is -2.64. The van der Waals surface area contributed by atoms with Crippen LogP contribution in [0.25, 0.3) is 0 Å². The molecule has 1 saturated heterocycles. The molecule has 1 heterocycles. The summed E-state index contributed by atoms with van der Waals surface area (Å²) in [5.74, 6) is -0.303. The third-order valence-corrected chi connectivity index (χ3v) is 8.39. The molecule has 2 aliphatic rings. The van der Waals surface area contributed by atoms with Gasteiger partial charge >= 0.3 is 0 Å². The quantitative estimate of drug-likeness (QED) is 0.643. The van der Waals surface area contributed by atoms with Crippen molar-refractivity contribution in [3.63, 3.8) is 0 Å². The van der Waals surface area contributed by atoms with Gasteiger partial charge in [0.05, 0.1) is 25.7 Å². The number of benzene rings is 2. The summed E-state index contributed by atoms with van der Waals surface area (Å²) in [6.45, 7) is 1.55. The highest BCUT2D eigenvalue weighted by atomic mass is 16.3. The summed E-state index contributed by atoms with van der Waals surface area (Å²) in [6, 6.07) is 21.6. The first-order chi connectivity index (χ1) is 16.8. The Morgan fingerprint density at radius 2 is 1.66 bits per heavy atom. The number of amides is 1. The molecule has 0 aromatic heterocycles. The molecular weight excluding hydrogens is 436 g/mol. The summed E-state index contributed by atoms with van der Waals surface area (Å²) in [5.41, 5.74) is 0.210. The molecule has 2 aromatic carbocycles. The molecule has 1 amide bonds. The molecule has 1 aliphatic heterocycles. The van der Waals surface area contributed by atoms with Crippen LogP contribution in [-0.2, 0) is 16.9 Å². The van der Waals surface area contributed by atoms with E-state index in [1.165, 1.54) is 0 Å². The number of carbonyl (C=O) groups is 1. The largest absolute Gasteiger partial charge is 0.375 e. The number of carbonyl (C=O) groups excluding carboxylic acids is 1. The van der Waals surface area contributed by atoms with Gasteiger partial charge in [0.1, 0.15) is 12.6 Å². The lowest BCUT2D eigenvalue weighted by molar-refractivity contribution is -0.947. The summed E-state index contributed by atoms with van der Waals surface area (Å²) in [4.78, 5) is 15.6. The van der Waals surface area contributed by atoms with Crippen LogP contribution in [0.2, 0.25) is 0 Å². The molecule has 6 heteroatoms. The van der Waals surface area contributed by atoms with Gasteiger partial charge in [-0.2, -0.15) is 10.5 Å². The molecular formula is C29H35N4O2+.